The predicted octanol–water partition coefficient (Wildman–Crippen LogP) is 2.54. The van der Waals surface area contributed by atoms with Crippen molar-refractivity contribution in [2.75, 3.05) is 0 Å². The topological polar surface area (TPSA) is 37.3 Å². The number of allylic oxidation sites excluding steroid dienone is 1. The zero-order valence-corrected chi connectivity index (χ0v) is 8.02. The van der Waals surface area contributed by atoms with Crippen LogP contribution in [-0.4, -0.2) is 11.1 Å². The molecule has 0 aromatic rings. The Morgan fingerprint density at radius 2 is 2.36 bits per heavy atom. The molecule has 3 heteroatoms. The van der Waals surface area contributed by atoms with Crippen molar-refractivity contribution in [2.24, 2.45) is 5.92 Å². The van der Waals surface area contributed by atoms with E-state index in [4.69, 9.17) is 5.11 Å². The molecule has 0 bridgehead atoms. The molecule has 0 saturated carbocycles. The molecular weight excluding hydrogens is 208 g/mol. The van der Waals surface area contributed by atoms with Crippen LogP contribution in [0.15, 0.2) is 10.1 Å². The largest absolute Gasteiger partial charge is 0.478 e. The van der Waals surface area contributed by atoms with Crippen molar-refractivity contribution in [1.82, 2.24) is 0 Å². The molecule has 1 N–H and O–H groups in total. The van der Waals surface area contributed by atoms with E-state index in [1.165, 1.54) is 0 Å². The Morgan fingerprint density at radius 1 is 1.73 bits per heavy atom. The Hall–Kier alpha value is -0.310. The molecule has 2 nitrogen and oxygen atoms in total. The zero-order chi connectivity index (χ0) is 8.43. The van der Waals surface area contributed by atoms with E-state index in [-0.39, 0.29) is 0 Å². The van der Waals surface area contributed by atoms with Gasteiger partial charge in [0.25, 0.3) is 0 Å². The Bertz CT molecular complexity index is 208. The first-order chi connectivity index (χ1) is 5.11. The Labute approximate surface area is 74.4 Å². The summed E-state index contributed by atoms with van der Waals surface area (Å²) in [6.07, 6.45) is 2.58. The molecule has 0 aromatic carbocycles. The van der Waals surface area contributed by atoms with Gasteiger partial charge in [0.05, 0.1) is 0 Å². The van der Waals surface area contributed by atoms with E-state index in [1.807, 2.05) is 0 Å². The first-order valence-electron chi connectivity index (χ1n) is 3.72. The maximum atomic E-state index is 10.6. The number of carboxylic acids is 1. The zero-order valence-electron chi connectivity index (χ0n) is 6.43. The minimum absolute atomic E-state index is 0.558. The molecule has 1 unspecified atom stereocenters. The fraction of sp³-hybridized carbons (Fsp3) is 0.625. The number of halogens is 1. The molecule has 0 radical (unpaired) electrons. The van der Waals surface area contributed by atoms with Gasteiger partial charge in [-0.2, -0.15) is 0 Å². The van der Waals surface area contributed by atoms with Crippen LogP contribution in [0.2, 0.25) is 0 Å². The summed E-state index contributed by atoms with van der Waals surface area (Å²) in [5, 5.41) is 8.71. The lowest BCUT2D eigenvalue weighted by Crippen LogP contribution is -2.11. The van der Waals surface area contributed by atoms with Gasteiger partial charge in [0, 0.05) is 10.1 Å². The van der Waals surface area contributed by atoms with Crippen LogP contribution in [0.25, 0.3) is 0 Å². The van der Waals surface area contributed by atoms with Gasteiger partial charge in [0.15, 0.2) is 0 Å². The second kappa shape index (κ2) is 3.39. The summed E-state index contributed by atoms with van der Waals surface area (Å²) in [6.45, 7) is 2.14. The summed E-state index contributed by atoms with van der Waals surface area (Å²) in [5.41, 5.74) is 0.558. The van der Waals surface area contributed by atoms with Gasteiger partial charge < -0.3 is 5.11 Å². The van der Waals surface area contributed by atoms with Crippen LogP contribution in [0.1, 0.15) is 26.2 Å². The molecule has 0 aromatic heterocycles. The standard InChI is InChI=1S/C8H11BrO2/c1-5-2-3-6(8(10)11)7(9)4-5/h5H,2-4H2,1H3,(H,10,11). The lowest BCUT2D eigenvalue weighted by Gasteiger charge is -2.18. The first-order valence-corrected chi connectivity index (χ1v) is 4.51. The summed E-state index contributed by atoms with van der Waals surface area (Å²) >= 11 is 3.29. The number of carbonyl (C=O) groups is 1. The summed E-state index contributed by atoms with van der Waals surface area (Å²) < 4.78 is 0.878. The van der Waals surface area contributed by atoms with Gasteiger partial charge in [-0.15, -0.1) is 0 Å². The number of carboxylic acid groups (broad SMARTS) is 1. The van der Waals surface area contributed by atoms with Crippen LogP contribution in [0.3, 0.4) is 0 Å². The highest BCUT2D eigenvalue weighted by molar-refractivity contribution is 9.11. The molecule has 1 aliphatic rings. The number of aliphatic carboxylic acids is 1. The number of hydrogen-bond acceptors (Lipinski definition) is 1. The van der Waals surface area contributed by atoms with Crippen molar-refractivity contribution in [3.05, 3.63) is 10.1 Å². The van der Waals surface area contributed by atoms with E-state index < -0.39 is 5.97 Å². The summed E-state index contributed by atoms with van der Waals surface area (Å²) in [5.74, 6) is -0.156. The molecule has 0 aliphatic heterocycles. The van der Waals surface area contributed by atoms with Gasteiger partial charge >= 0.3 is 5.97 Å². The Morgan fingerprint density at radius 3 is 2.82 bits per heavy atom. The Kier molecular flexibility index (Phi) is 2.71. The van der Waals surface area contributed by atoms with Crippen LogP contribution >= 0.6 is 15.9 Å². The second-order valence-electron chi connectivity index (χ2n) is 3.04. The van der Waals surface area contributed by atoms with Crippen molar-refractivity contribution >= 4 is 21.9 Å². The second-order valence-corrected chi connectivity index (χ2v) is 3.99. The Balaban J connectivity index is 2.78. The van der Waals surface area contributed by atoms with Crippen LogP contribution in [0.5, 0.6) is 0 Å². The lowest BCUT2D eigenvalue weighted by molar-refractivity contribution is -0.132. The third-order valence-corrected chi connectivity index (χ3v) is 2.80. The first kappa shape index (κ1) is 8.78. The molecule has 0 spiro atoms. The monoisotopic (exact) mass is 218 g/mol. The maximum Gasteiger partial charge on any atom is 0.332 e. The molecule has 0 heterocycles. The normalized spacial score (nSPS) is 25.5. The summed E-state index contributed by atoms with van der Waals surface area (Å²) in [4.78, 5) is 10.6. The van der Waals surface area contributed by atoms with Gasteiger partial charge in [-0.25, -0.2) is 4.79 Å². The molecule has 0 amide bonds. The van der Waals surface area contributed by atoms with Crippen molar-refractivity contribution in [3.8, 4) is 0 Å². The SMILES string of the molecule is CC1CCC(C(=O)O)=C(Br)C1. The highest BCUT2D eigenvalue weighted by Gasteiger charge is 2.20. The molecule has 11 heavy (non-hydrogen) atoms. The lowest BCUT2D eigenvalue weighted by atomic mass is 9.91. The van der Waals surface area contributed by atoms with Gasteiger partial charge in [-0.1, -0.05) is 22.9 Å². The van der Waals surface area contributed by atoms with E-state index in [0.717, 1.165) is 17.3 Å². The van der Waals surface area contributed by atoms with E-state index in [9.17, 15) is 4.79 Å². The average Bonchev–Trinajstić information content (AvgIpc) is 1.85. The third-order valence-electron chi connectivity index (χ3n) is 2.00. The third kappa shape index (κ3) is 2.06. The van der Waals surface area contributed by atoms with Crippen LogP contribution < -0.4 is 0 Å². The predicted molar refractivity (Wildman–Crippen MR) is 46.6 cm³/mol. The van der Waals surface area contributed by atoms with Crippen molar-refractivity contribution in [3.63, 3.8) is 0 Å². The van der Waals surface area contributed by atoms with E-state index in [1.54, 1.807) is 0 Å². The van der Waals surface area contributed by atoms with Crippen molar-refractivity contribution in [2.45, 2.75) is 26.2 Å². The van der Waals surface area contributed by atoms with Crippen LogP contribution in [-0.2, 0) is 4.79 Å². The summed E-state index contributed by atoms with van der Waals surface area (Å²) in [6, 6.07) is 0. The summed E-state index contributed by atoms with van der Waals surface area (Å²) in [7, 11) is 0. The van der Waals surface area contributed by atoms with Gasteiger partial charge in [-0.3, -0.25) is 0 Å². The van der Waals surface area contributed by atoms with E-state index in [2.05, 4.69) is 22.9 Å². The molecular formula is C8H11BrO2. The van der Waals surface area contributed by atoms with Crippen LogP contribution in [0, 0.1) is 5.92 Å². The molecule has 0 saturated heterocycles. The molecule has 1 atom stereocenters. The molecule has 1 aliphatic carbocycles. The van der Waals surface area contributed by atoms with Crippen molar-refractivity contribution in [1.29, 1.82) is 0 Å². The fourth-order valence-corrected chi connectivity index (χ4v) is 2.20. The number of hydrogen-bond donors (Lipinski definition) is 1. The molecule has 0 fully saturated rings. The van der Waals surface area contributed by atoms with Gasteiger partial charge in [0.2, 0.25) is 0 Å². The van der Waals surface area contributed by atoms with E-state index in [0.29, 0.717) is 17.9 Å². The highest BCUT2D eigenvalue weighted by atomic mass is 79.9. The minimum Gasteiger partial charge on any atom is -0.478 e. The molecule has 1 rings (SSSR count). The quantitative estimate of drug-likeness (QED) is 0.735. The smallest absolute Gasteiger partial charge is 0.332 e. The van der Waals surface area contributed by atoms with Gasteiger partial charge in [-0.05, 0) is 25.2 Å². The highest BCUT2D eigenvalue weighted by Crippen LogP contribution is 2.32. The molecule has 62 valence electrons. The van der Waals surface area contributed by atoms with Crippen molar-refractivity contribution < 1.29 is 9.90 Å². The van der Waals surface area contributed by atoms with Gasteiger partial charge in [0.1, 0.15) is 0 Å². The van der Waals surface area contributed by atoms with E-state index >= 15 is 0 Å². The van der Waals surface area contributed by atoms with Crippen LogP contribution in [0.4, 0.5) is 0 Å². The maximum absolute atomic E-state index is 10.6. The number of rotatable bonds is 1. The fourth-order valence-electron chi connectivity index (χ4n) is 1.28. The average molecular weight is 219 g/mol. The minimum atomic E-state index is -0.774.